The molecule has 2 aromatic rings. The van der Waals surface area contributed by atoms with Gasteiger partial charge in [0.1, 0.15) is 5.75 Å². The molecule has 5 heteroatoms. The Balaban J connectivity index is 2.14. The van der Waals surface area contributed by atoms with Gasteiger partial charge in [-0.2, -0.15) is 0 Å². The van der Waals surface area contributed by atoms with Gasteiger partial charge in [0, 0.05) is 0 Å². The number of Topliss-reactive ketones (excluding diaryl/α,β-unsaturated/α-hetero) is 1. The van der Waals surface area contributed by atoms with Crippen molar-refractivity contribution in [3.8, 4) is 11.1 Å². The summed E-state index contributed by atoms with van der Waals surface area (Å²) in [7, 11) is -3.67. The zero-order valence-corrected chi connectivity index (χ0v) is 14.8. The van der Waals surface area contributed by atoms with Crippen molar-refractivity contribution in [2.24, 2.45) is 11.7 Å². The first-order chi connectivity index (χ1) is 11.3. The third kappa shape index (κ3) is 4.76. The van der Waals surface area contributed by atoms with Crippen LogP contribution in [0, 0.1) is 5.92 Å². The highest BCUT2D eigenvalue weighted by Crippen LogP contribution is 2.21. The number of ketones is 1. The second-order valence-corrected chi connectivity index (χ2v) is 8.34. The molecule has 2 aromatic carbocycles. The molecule has 4 nitrogen and oxygen atoms in total. The maximum Gasteiger partial charge on any atom is 0.185 e. The Morgan fingerprint density at radius 1 is 0.958 bits per heavy atom. The molecule has 0 fully saturated rings. The molecule has 0 aliphatic rings. The largest absolute Gasteiger partial charge is 0.321 e. The third-order valence-electron chi connectivity index (χ3n) is 3.79. The first-order valence-electron chi connectivity index (χ1n) is 7.96. The van der Waals surface area contributed by atoms with Gasteiger partial charge in [-0.3, -0.25) is 4.79 Å². The third-order valence-corrected chi connectivity index (χ3v) is 5.45. The maximum atomic E-state index is 12.4. The van der Waals surface area contributed by atoms with Gasteiger partial charge in [0.2, 0.25) is 0 Å². The highest BCUT2D eigenvalue weighted by molar-refractivity contribution is 7.92. The first kappa shape index (κ1) is 18.4. The van der Waals surface area contributed by atoms with Crippen LogP contribution in [-0.4, -0.2) is 26.0 Å². The number of sulfone groups is 1. The highest BCUT2D eigenvalue weighted by Gasteiger charge is 2.24. The fourth-order valence-electron chi connectivity index (χ4n) is 2.50. The van der Waals surface area contributed by atoms with Crippen LogP contribution in [0.5, 0.6) is 0 Å². The molecule has 0 radical (unpaired) electrons. The minimum atomic E-state index is -3.67. The summed E-state index contributed by atoms with van der Waals surface area (Å²) in [4.78, 5) is 12.2. The van der Waals surface area contributed by atoms with Crippen molar-refractivity contribution in [2.45, 2.75) is 31.2 Å². The summed E-state index contributed by atoms with van der Waals surface area (Å²) in [5.41, 5.74) is 7.73. The number of carbonyl (C=O) groups is 1. The van der Waals surface area contributed by atoms with E-state index in [2.05, 4.69) is 0 Å². The van der Waals surface area contributed by atoms with Crippen LogP contribution in [0.25, 0.3) is 11.1 Å². The van der Waals surface area contributed by atoms with Gasteiger partial charge in [0.05, 0.1) is 10.9 Å². The molecule has 0 aliphatic heterocycles. The molecule has 128 valence electrons. The summed E-state index contributed by atoms with van der Waals surface area (Å²) in [6, 6.07) is 15.5. The second kappa shape index (κ2) is 7.73. The minimum Gasteiger partial charge on any atom is -0.321 e. The summed E-state index contributed by atoms with van der Waals surface area (Å²) >= 11 is 0. The fraction of sp³-hybridized carbons (Fsp3) is 0.316. The zero-order chi connectivity index (χ0) is 17.7. The predicted molar refractivity (Wildman–Crippen MR) is 96.4 cm³/mol. The molecule has 2 N–H and O–H groups in total. The Kier molecular flexibility index (Phi) is 5.91. The zero-order valence-electron chi connectivity index (χ0n) is 14.0. The lowest BCUT2D eigenvalue weighted by molar-refractivity contribution is -0.118. The molecular formula is C19H23NO3S. The van der Waals surface area contributed by atoms with Crippen molar-refractivity contribution in [2.75, 3.05) is 5.75 Å². The van der Waals surface area contributed by atoms with Gasteiger partial charge < -0.3 is 5.73 Å². The van der Waals surface area contributed by atoms with Gasteiger partial charge in [-0.05, 0) is 35.6 Å². The average Bonchev–Trinajstić information content (AvgIpc) is 2.55. The van der Waals surface area contributed by atoms with E-state index in [-0.39, 0.29) is 10.8 Å². The van der Waals surface area contributed by atoms with E-state index in [0.29, 0.717) is 6.42 Å². The molecule has 24 heavy (non-hydrogen) atoms. The fourth-order valence-corrected chi connectivity index (χ4v) is 3.81. The van der Waals surface area contributed by atoms with E-state index in [9.17, 15) is 13.2 Å². The van der Waals surface area contributed by atoms with Gasteiger partial charge in [-0.1, -0.05) is 56.3 Å². The number of hydrogen-bond acceptors (Lipinski definition) is 4. The van der Waals surface area contributed by atoms with E-state index in [1.54, 1.807) is 24.3 Å². The van der Waals surface area contributed by atoms with Crippen LogP contribution in [0.1, 0.15) is 20.3 Å². The summed E-state index contributed by atoms with van der Waals surface area (Å²) < 4.78 is 24.8. The molecule has 0 heterocycles. The summed E-state index contributed by atoms with van der Waals surface area (Å²) in [6.45, 7) is 3.90. The van der Waals surface area contributed by atoms with Crippen LogP contribution in [0.15, 0.2) is 59.5 Å². The molecule has 0 amide bonds. The number of carbonyl (C=O) groups excluding carboxylic acids is 1. The van der Waals surface area contributed by atoms with E-state index in [1.165, 1.54) is 0 Å². The van der Waals surface area contributed by atoms with Crippen molar-refractivity contribution in [3.05, 3.63) is 54.6 Å². The predicted octanol–water partition coefficient (Wildman–Crippen LogP) is 3.07. The topological polar surface area (TPSA) is 77.2 Å². The van der Waals surface area contributed by atoms with Crippen LogP contribution in [0.2, 0.25) is 0 Å². The van der Waals surface area contributed by atoms with E-state index in [1.807, 2.05) is 44.2 Å². The smallest absolute Gasteiger partial charge is 0.185 e. The lowest BCUT2D eigenvalue weighted by Crippen LogP contribution is -2.36. The van der Waals surface area contributed by atoms with Gasteiger partial charge in [0.25, 0.3) is 0 Å². The Morgan fingerprint density at radius 3 is 2.04 bits per heavy atom. The standard InChI is InChI=1S/C19H23NO3S/c1-14(2)12-18(20)19(21)13-24(22,23)17-10-8-16(9-11-17)15-6-4-3-5-7-15/h3-11,14,18H,12-13,20H2,1-2H3/t18-/m0/s1. The molecule has 1 atom stereocenters. The lowest BCUT2D eigenvalue weighted by Gasteiger charge is -2.13. The number of hydrogen-bond donors (Lipinski definition) is 1. The van der Waals surface area contributed by atoms with Crippen molar-refractivity contribution in [1.29, 1.82) is 0 Å². The molecule has 0 saturated heterocycles. The molecule has 0 unspecified atom stereocenters. The number of benzene rings is 2. The van der Waals surface area contributed by atoms with E-state index in [0.717, 1.165) is 11.1 Å². The maximum absolute atomic E-state index is 12.4. The minimum absolute atomic E-state index is 0.146. The summed E-state index contributed by atoms with van der Waals surface area (Å²) in [6.07, 6.45) is 0.487. The average molecular weight is 345 g/mol. The van der Waals surface area contributed by atoms with Crippen molar-refractivity contribution < 1.29 is 13.2 Å². The van der Waals surface area contributed by atoms with Crippen LogP contribution in [0.4, 0.5) is 0 Å². The van der Waals surface area contributed by atoms with Crippen molar-refractivity contribution >= 4 is 15.6 Å². The van der Waals surface area contributed by atoms with Crippen molar-refractivity contribution in [3.63, 3.8) is 0 Å². The molecule has 0 spiro atoms. The first-order valence-corrected chi connectivity index (χ1v) is 9.61. The SMILES string of the molecule is CC(C)C[C@H](N)C(=O)CS(=O)(=O)c1ccc(-c2ccccc2)cc1. The van der Waals surface area contributed by atoms with E-state index < -0.39 is 27.4 Å². The van der Waals surface area contributed by atoms with Crippen LogP contribution in [-0.2, 0) is 14.6 Å². The van der Waals surface area contributed by atoms with Gasteiger partial charge in [-0.25, -0.2) is 8.42 Å². The Morgan fingerprint density at radius 2 is 1.50 bits per heavy atom. The quantitative estimate of drug-likeness (QED) is 0.836. The van der Waals surface area contributed by atoms with Gasteiger partial charge in [-0.15, -0.1) is 0 Å². The van der Waals surface area contributed by atoms with Crippen LogP contribution < -0.4 is 5.73 Å². The van der Waals surface area contributed by atoms with Crippen LogP contribution in [0.3, 0.4) is 0 Å². The highest BCUT2D eigenvalue weighted by atomic mass is 32.2. The van der Waals surface area contributed by atoms with E-state index in [4.69, 9.17) is 5.73 Å². The molecule has 0 aromatic heterocycles. The van der Waals surface area contributed by atoms with Crippen molar-refractivity contribution in [1.82, 2.24) is 0 Å². The molecular weight excluding hydrogens is 322 g/mol. The molecule has 2 rings (SSSR count). The molecule has 0 bridgehead atoms. The normalized spacial score (nSPS) is 13.0. The lowest BCUT2D eigenvalue weighted by atomic mass is 10.0. The Hall–Kier alpha value is -1.98. The second-order valence-electron chi connectivity index (χ2n) is 6.35. The molecule has 0 aliphatic carbocycles. The summed E-state index contributed by atoms with van der Waals surface area (Å²) in [5.74, 6) is -0.737. The summed E-state index contributed by atoms with van der Waals surface area (Å²) in [5, 5.41) is 0. The van der Waals surface area contributed by atoms with E-state index >= 15 is 0 Å². The van der Waals surface area contributed by atoms with Gasteiger partial charge >= 0.3 is 0 Å². The molecule has 0 saturated carbocycles. The van der Waals surface area contributed by atoms with Gasteiger partial charge in [0.15, 0.2) is 15.6 Å². The monoisotopic (exact) mass is 345 g/mol. The Bertz CT molecular complexity index is 781. The Labute approximate surface area is 143 Å². The number of nitrogens with two attached hydrogens (primary N) is 1. The number of rotatable bonds is 7. The van der Waals surface area contributed by atoms with Crippen LogP contribution >= 0.6 is 0 Å².